The van der Waals surface area contributed by atoms with Gasteiger partial charge in [-0.2, -0.15) is 0 Å². The number of fused-ring (bicyclic) bond motifs is 1. The van der Waals surface area contributed by atoms with Crippen LogP contribution in [0.3, 0.4) is 0 Å². The fraction of sp³-hybridized carbons (Fsp3) is 0.741. The van der Waals surface area contributed by atoms with Crippen LogP contribution in [-0.2, 0) is 25.5 Å². The van der Waals surface area contributed by atoms with Crippen LogP contribution in [-0.4, -0.2) is 61.1 Å². The van der Waals surface area contributed by atoms with Gasteiger partial charge in [0.15, 0.2) is 0 Å². The molecule has 0 spiro atoms. The van der Waals surface area contributed by atoms with E-state index in [0.29, 0.717) is 37.7 Å². The van der Waals surface area contributed by atoms with Crippen LogP contribution in [0.5, 0.6) is 0 Å². The second-order valence-corrected chi connectivity index (χ2v) is 10.0. The van der Waals surface area contributed by atoms with Crippen LogP contribution in [0.2, 0.25) is 0 Å². The van der Waals surface area contributed by atoms with Gasteiger partial charge in [0, 0.05) is 25.7 Å². The molecule has 0 radical (unpaired) electrons. The third-order valence-corrected chi connectivity index (χ3v) is 7.66. The van der Waals surface area contributed by atoms with E-state index in [4.69, 9.17) is 14.2 Å². The average Bonchev–Trinajstić information content (AvgIpc) is 2.84. The van der Waals surface area contributed by atoms with E-state index in [2.05, 4.69) is 35.2 Å². The predicted octanol–water partition coefficient (Wildman–Crippen LogP) is 0.323. The summed E-state index contributed by atoms with van der Waals surface area (Å²) in [5.41, 5.74) is 1.36. The minimum absolute atomic E-state index is 0. The van der Waals surface area contributed by atoms with Gasteiger partial charge in [-0.25, -0.2) is 0 Å². The Labute approximate surface area is 227 Å². The zero-order chi connectivity index (χ0) is 23.0. The number of nitrogens with zero attached hydrogens (tertiary/aromatic N) is 1. The molecular formula is C27H40NNaO5. The number of ether oxygens (including phenoxy) is 3. The second-order valence-electron chi connectivity index (χ2n) is 10.0. The van der Waals surface area contributed by atoms with E-state index >= 15 is 0 Å². The first-order valence-electron chi connectivity index (χ1n) is 13.0. The first kappa shape index (κ1) is 28.1. The van der Waals surface area contributed by atoms with Crippen LogP contribution in [0.25, 0.3) is 0 Å². The average molecular weight is 482 g/mol. The summed E-state index contributed by atoms with van der Waals surface area (Å²) in [5.74, 6) is -0.722. The maximum absolute atomic E-state index is 11.3. The summed E-state index contributed by atoms with van der Waals surface area (Å²) in [6.45, 7) is 4.77. The monoisotopic (exact) mass is 481 g/mol. The molecular weight excluding hydrogens is 441 g/mol. The third-order valence-electron chi connectivity index (χ3n) is 7.66. The Morgan fingerprint density at radius 2 is 1.85 bits per heavy atom. The van der Waals surface area contributed by atoms with Gasteiger partial charge >= 0.3 is 29.6 Å². The van der Waals surface area contributed by atoms with E-state index in [1.165, 1.54) is 24.8 Å². The van der Waals surface area contributed by atoms with E-state index in [1.807, 2.05) is 6.92 Å². The number of benzene rings is 1. The van der Waals surface area contributed by atoms with Crippen molar-refractivity contribution in [2.24, 2.45) is 5.92 Å². The molecule has 2 aliphatic carbocycles. The Morgan fingerprint density at radius 1 is 1.12 bits per heavy atom. The molecule has 4 atom stereocenters. The Balaban J connectivity index is 0.00000324. The van der Waals surface area contributed by atoms with Crippen molar-refractivity contribution in [1.29, 1.82) is 0 Å². The van der Waals surface area contributed by atoms with Gasteiger partial charge in [-0.1, -0.05) is 43.2 Å². The van der Waals surface area contributed by atoms with Crippen molar-refractivity contribution in [2.75, 3.05) is 19.8 Å². The van der Waals surface area contributed by atoms with Gasteiger partial charge in [-0.15, -0.1) is 0 Å². The fourth-order valence-corrected chi connectivity index (χ4v) is 5.95. The molecule has 1 saturated heterocycles. The summed E-state index contributed by atoms with van der Waals surface area (Å²) in [5, 5.41) is 11.3. The van der Waals surface area contributed by atoms with Crippen LogP contribution in [0.1, 0.15) is 70.3 Å². The molecule has 1 aromatic carbocycles. The maximum atomic E-state index is 11.3. The zero-order valence-electron chi connectivity index (χ0n) is 21.0. The summed E-state index contributed by atoms with van der Waals surface area (Å²) >= 11 is 0. The molecule has 4 rings (SSSR count). The zero-order valence-corrected chi connectivity index (χ0v) is 23.0. The minimum Gasteiger partial charge on any atom is -0.547 e. The quantitative estimate of drug-likeness (QED) is 0.449. The Hall–Kier alpha value is -0.470. The largest absolute Gasteiger partial charge is 1.00 e. The van der Waals surface area contributed by atoms with Crippen molar-refractivity contribution >= 4 is 5.97 Å². The molecule has 184 valence electrons. The summed E-state index contributed by atoms with van der Waals surface area (Å²) < 4.78 is 18.2. The summed E-state index contributed by atoms with van der Waals surface area (Å²) in [4.78, 5) is 13.9. The first-order chi connectivity index (χ1) is 16.1. The van der Waals surface area contributed by atoms with Crippen molar-refractivity contribution in [3.05, 3.63) is 35.9 Å². The number of aliphatic carboxylic acids is 1. The Morgan fingerprint density at radius 3 is 2.56 bits per heavy atom. The summed E-state index contributed by atoms with van der Waals surface area (Å²) in [6.07, 6.45) is 9.29. The van der Waals surface area contributed by atoms with Crippen molar-refractivity contribution in [3.63, 3.8) is 0 Å². The SMILES string of the molecule is CCOC(CC1CCC(OCC2CN(Cc3ccccc3)C3CCCCC3O2)CC1)C(=O)[O-].[Na+]. The van der Waals surface area contributed by atoms with E-state index in [0.717, 1.165) is 45.2 Å². The van der Waals surface area contributed by atoms with Gasteiger partial charge in [-0.3, -0.25) is 4.90 Å². The third kappa shape index (κ3) is 8.02. The van der Waals surface area contributed by atoms with Gasteiger partial charge in [0.25, 0.3) is 0 Å². The van der Waals surface area contributed by atoms with Crippen molar-refractivity contribution in [1.82, 2.24) is 4.90 Å². The number of carbonyl (C=O) groups is 1. The van der Waals surface area contributed by atoms with Gasteiger partial charge in [-0.05, 0) is 63.4 Å². The first-order valence-corrected chi connectivity index (χ1v) is 13.0. The van der Waals surface area contributed by atoms with Crippen molar-refractivity contribution in [3.8, 4) is 0 Å². The summed E-state index contributed by atoms with van der Waals surface area (Å²) in [7, 11) is 0. The number of carbonyl (C=O) groups excluding carboxylic acids is 1. The van der Waals surface area contributed by atoms with Crippen LogP contribution < -0.4 is 34.7 Å². The van der Waals surface area contributed by atoms with Crippen LogP contribution in [0.15, 0.2) is 30.3 Å². The number of hydrogen-bond donors (Lipinski definition) is 0. The fourth-order valence-electron chi connectivity index (χ4n) is 5.95. The molecule has 7 heteroatoms. The molecule has 4 unspecified atom stereocenters. The molecule has 34 heavy (non-hydrogen) atoms. The number of rotatable bonds is 10. The van der Waals surface area contributed by atoms with Crippen molar-refractivity contribution < 1.29 is 53.7 Å². The van der Waals surface area contributed by atoms with Gasteiger partial charge in [0.05, 0.1) is 37.0 Å². The number of hydrogen-bond acceptors (Lipinski definition) is 6. The second kappa shape index (κ2) is 14.3. The molecule has 1 heterocycles. The number of carboxylic acid groups (broad SMARTS) is 1. The molecule has 0 amide bonds. The molecule has 1 aliphatic heterocycles. The molecule has 3 fully saturated rings. The molecule has 0 N–H and O–H groups in total. The molecule has 1 aromatic rings. The number of carboxylic acids is 1. The van der Waals surface area contributed by atoms with Gasteiger partial charge in [0.1, 0.15) is 0 Å². The van der Waals surface area contributed by atoms with E-state index < -0.39 is 12.1 Å². The van der Waals surface area contributed by atoms with E-state index in [9.17, 15) is 9.90 Å². The minimum atomic E-state index is -1.09. The topological polar surface area (TPSA) is 71.1 Å². The molecule has 0 aromatic heterocycles. The van der Waals surface area contributed by atoms with Crippen LogP contribution in [0.4, 0.5) is 0 Å². The van der Waals surface area contributed by atoms with Crippen molar-refractivity contribution in [2.45, 2.75) is 102 Å². The van der Waals surface area contributed by atoms with Crippen LogP contribution in [0, 0.1) is 5.92 Å². The van der Waals surface area contributed by atoms with E-state index in [1.54, 1.807) is 0 Å². The molecule has 0 bridgehead atoms. The van der Waals surface area contributed by atoms with E-state index in [-0.39, 0.29) is 41.8 Å². The molecule has 3 aliphatic rings. The normalized spacial score (nSPS) is 30.7. The van der Waals surface area contributed by atoms with Gasteiger partial charge < -0.3 is 24.1 Å². The smallest absolute Gasteiger partial charge is 0.547 e. The maximum Gasteiger partial charge on any atom is 1.00 e. The van der Waals surface area contributed by atoms with Gasteiger partial charge in [0.2, 0.25) is 0 Å². The number of morpholine rings is 1. The molecule has 6 nitrogen and oxygen atoms in total. The summed E-state index contributed by atoms with van der Waals surface area (Å²) in [6, 6.07) is 11.3. The molecule has 2 saturated carbocycles. The Bertz CT molecular complexity index is 727. The standard InChI is InChI=1S/C27H41NO5.Na/c1-2-31-26(27(29)30)16-20-12-14-22(15-13-20)32-19-23-18-28(17-21-8-4-3-5-9-21)24-10-6-7-11-25(24)33-23;/h3-5,8-9,20,22-26H,2,6-7,10-19H2,1H3,(H,29,30);/q;+1/p-1. The Kier molecular flexibility index (Phi) is 11.8. The predicted molar refractivity (Wildman–Crippen MR) is 125 cm³/mol. The van der Waals surface area contributed by atoms with Crippen LogP contribution >= 0.6 is 0 Å².